The molecule has 12 nitrogen and oxygen atoms in total. The molecule has 4 N–H and O–H groups in total. The van der Waals surface area contributed by atoms with Crippen LogP contribution in [0.1, 0.15) is 45.3 Å². The Morgan fingerprint density at radius 3 is 2.75 bits per heavy atom. The van der Waals surface area contributed by atoms with Gasteiger partial charge in [0.2, 0.25) is 0 Å². The van der Waals surface area contributed by atoms with Gasteiger partial charge < -0.3 is 0 Å². The number of aromatic nitrogens is 2. The molecule has 2 fully saturated rings. The zero-order valence-corrected chi connectivity index (χ0v) is 21.1. The third-order valence-corrected chi connectivity index (χ3v) is 7.77. The molecule has 0 spiro atoms. The van der Waals surface area contributed by atoms with Crippen LogP contribution in [-0.4, -0.2) is 52.1 Å². The summed E-state index contributed by atoms with van der Waals surface area (Å²) in [5.74, 6) is -0.0271. The van der Waals surface area contributed by atoms with Gasteiger partial charge in [0.05, 0.1) is 0 Å². The average Bonchev–Trinajstić information content (AvgIpc) is 3.33. The van der Waals surface area contributed by atoms with Gasteiger partial charge in [0, 0.05) is 0 Å². The van der Waals surface area contributed by atoms with E-state index in [1.165, 1.54) is 16.8 Å². The molecule has 3 atom stereocenters. The molecule has 2 aliphatic rings. The van der Waals surface area contributed by atoms with Crippen LogP contribution in [0, 0.1) is 0 Å². The van der Waals surface area contributed by atoms with Crippen LogP contribution >= 0.6 is 8.09 Å². The van der Waals surface area contributed by atoms with Gasteiger partial charge in [-0.25, -0.2) is 0 Å². The standard InChI is InChI=1S/C23H33N4O8P/c1-16(22(28)33-17-8-4-2-5-9-17)26-36(30,35-18-10-6-3-7-11-18)32-15-21-31-14-20(34-21)27-13-12-19(24)25-23(27)29/h3,6-7,10-13,16-17,20-21,26,30,36H,2,4-5,8-9,14-15H2,1H3,(H2,24,25,29)/t16-,20-,21-/m0/s1. The monoisotopic (exact) mass is 524 g/mol. The van der Waals surface area contributed by atoms with E-state index in [9.17, 15) is 14.5 Å². The zero-order valence-electron chi connectivity index (χ0n) is 20.1. The van der Waals surface area contributed by atoms with Crippen molar-refractivity contribution in [3.05, 3.63) is 53.1 Å². The number of ether oxygens (including phenoxy) is 3. The van der Waals surface area contributed by atoms with E-state index in [-0.39, 0.29) is 25.1 Å². The van der Waals surface area contributed by atoms with Gasteiger partial charge in [0.1, 0.15) is 0 Å². The van der Waals surface area contributed by atoms with E-state index in [4.69, 9.17) is 29.0 Å². The van der Waals surface area contributed by atoms with Crippen LogP contribution in [0.5, 0.6) is 5.75 Å². The number of nitrogens with zero attached hydrogens (tertiary/aromatic N) is 2. The van der Waals surface area contributed by atoms with Crippen LogP contribution in [0.15, 0.2) is 47.4 Å². The molecule has 4 rings (SSSR count). The number of hydrogen-bond donors (Lipinski definition) is 3. The SMILES string of the molecule is C[C@H](N[PH](O)(OC[C@H]1OC[C@@H](n2ccc(N)nc2=O)O1)Oc1ccccc1)C(=O)OC1CCCCC1. The first kappa shape index (κ1) is 26.5. The Hall–Kier alpha value is -2.60. The molecule has 1 aliphatic heterocycles. The van der Waals surface area contributed by atoms with E-state index in [1.54, 1.807) is 37.3 Å². The van der Waals surface area contributed by atoms with Crippen molar-refractivity contribution in [2.24, 2.45) is 0 Å². The van der Waals surface area contributed by atoms with Gasteiger partial charge in [0.25, 0.3) is 0 Å². The van der Waals surface area contributed by atoms with Crippen molar-refractivity contribution in [2.75, 3.05) is 18.9 Å². The number of hydrogen-bond acceptors (Lipinski definition) is 11. The van der Waals surface area contributed by atoms with Crippen molar-refractivity contribution in [3.8, 4) is 5.75 Å². The predicted molar refractivity (Wildman–Crippen MR) is 132 cm³/mol. The van der Waals surface area contributed by atoms with Crippen molar-refractivity contribution >= 4 is 19.9 Å². The number of nitrogen functional groups attached to an aromatic ring is 1. The molecule has 1 saturated heterocycles. The molecule has 1 saturated carbocycles. The van der Waals surface area contributed by atoms with Crippen molar-refractivity contribution < 1.29 is 32.9 Å². The minimum absolute atomic E-state index is 0.0661. The van der Waals surface area contributed by atoms with Crippen molar-refractivity contribution in [3.63, 3.8) is 0 Å². The summed E-state index contributed by atoms with van der Waals surface area (Å²) in [6, 6.07) is 9.21. The topological polar surface area (TPSA) is 156 Å². The van der Waals surface area contributed by atoms with E-state index in [1.807, 2.05) is 0 Å². The fourth-order valence-corrected chi connectivity index (χ4v) is 5.72. The third kappa shape index (κ3) is 7.22. The van der Waals surface area contributed by atoms with Gasteiger partial charge >= 0.3 is 209 Å². The Kier molecular flexibility index (Phi) is 8.89. The Balaban J connectivity index is 1.38. The molecule has 2 aromatic rings. The molecule has 0 amide bonds. The van der Waals surface area contributed by atoms with E-state index in [0.29, 0.717) is 5.75 Å². The number of rotatable bonds is 10. The molecular formula is C23H33N4O8P. The Bertz CT molecular complexity index is 1070. The van der Waals surface area contributed by atoms with Crippen LogP contribution in [0.25, 0.3) is 0 Å². The van der Waals surface area contributed by atoms with Crippen LogP contribution < -0.4 is 21.0 Å². The van der Waals surface area contributed by atoms with E-state index in [0.717, 1.165) is 32.1 Å². The summed E-state index contributed by atoms with van der Waals surface area (Å²) in [5.41, 5.74) is 4.96. The van der Waals surface area contributed by atoms with Crippen molar-refractivity contribution in [1.82, 2.24) is 14.6 Å². The molecule has 1 aliphatic carbocycles. The molecule has 1 aromatic carbocycles. The van der Waals surface area contributed by atoms with Gasteiger partial charge in [0.15, 0.2) is 0 Å². The number of para-hydroxylation sites is 1. The molecule has 198 valence electrons. The van der Waals surface area contributed by atoms with Gasteiger partial charge in [-0.2, -0.15) is 0 Å². The normalized spacial score (nSPS) is 22.2. The molecule has 0 radical (unpaired) electrons. The predicted octanol–water partition coefficient (Wildman–Crippen LogP) is 2.05. The fraction of sp³-hybridized carbons (Fsp3) is 0.522. The van der Waals surface area contributed by atoms with Gasteiger partial charge in [-0.05, 0) is 0 Å². The number of carbonyl (C=O) groups is 1. The molecular weight excluding hydrogens is 491 g/mol. The van der Waals surface area contributed by atoms with E-state index >= 15 is 0 Å². The summed E-state index contributed by atoms with van der Waals surface area (Å²) in [6.07, 6.45) is 4.58. The molecule has 36 heavy (non-hydrogen) atoms. The van der Waals surface area contributed by atoms with Crippen molar-refractivity contribution in [1.29, 1.82) is 0 Å². The molecule has 0 bridgehead atoms. The summed E-state index contributed by atoms with van der Waals surface area (Å²) < 4.78 is 29.7. The van der Waals surface area contributed by atoms with E-state index < -0.39 is 38.3 Å². The Morgan fingerprint density at radius 2 is 2.03 bits per heavy atom. The summed E-state index contributed by atoms with van der Waals surface area (Å²) in [6.45, 7) is 1.43. The van der Waals surface area contributed by atoms with Crippen molar-refractivity contribution in [2.45, 2.75) is 63.7 Å². The fourth-order valence-electron chi connectivity index (χ4n) is 4.03. The first-order valence-corrected chi connectivity index (χ1v) is 13.8. The van der Waals surface area contributed by atoms with Crippen LogP contribution in [0.4, 0.5) is 5.82 Å². The zero-order chi connectivity index (χ0) is 25.5. The quantitative estimate of drug-likeness (QED) is 0.309. The first-order chi connectivity index (χ1) is 17.3. The molecule has 13 heteroatoms. The van der Waals surface area contributed by atoms with Crippen LogP contribution in [0.2, 0.25) is 0 Å². The number of nitrogens with two attached hydrogens (primary N) is 1. The Labute approximate surface area is 209 Å². The Morgan fingerprint density at radius 1 is 1.28 bits per heavy atom. The van der Waals surface area contributed by atoms with Crippen LogP contribution in [0.3, 0.4) is 0 Å². The minimum atomic E-state index is -4.18. The number of nitrogens with one attached hydrogen (secondary N) is 1. The molecule has 2 heterocycles. The maximum atomic E-state index is 12.7. The number of anilines is 1. The molecule has 1 aromatic heterocycles. The molecule has 0 unspecified atom stereocenters. The average molecular weight is 525 g/mol. The van der Waals surface area contributed by atoms with Gasteiger partial charge in [-0.15, -0.1) is 0 Å². The summed E-state index contributed by atoms with van der Waals surface area (Å²) in [4.78, 5) is 39.7. The second kappa shape index (κ2) is 12.1. The third-order valence-electron chi connectivity index (χ3n) is 5.90. The summed E-state index contributed by atoms with van der Waals surface area (Å²) in [7, 11) is -4.18. The maximum absolute atomic E-state index is 12.7. The number of esters is 1. The van der Waals surface area contributed by atoms with Gasteiger partial charge in [-0.3, -0.25) is 0 Å². The number of carbonyl (C=O) groups excluding carboxylic acids is 1. The second-order valence-corrected chi connectivity index (χ2v) is 10.7. The first-order valence-electron chi connectivity index (χ1n) is 12.0. The van der Waals surface area contributed by atoms with Gasteiger partial charge in [-0.1, -0.05) is 0 Å². The van der Waals surface area contributed by atoms with E-state index in [2.05, 4.69) is 10.1 Å². The second-order valence-electron chi connectivity index (χ2n) is 8.77. The summed E-state index contributed by atoms with van der Waals surface area (Å²) >= 11 is 0. The summed E-state index contributed by atoms with van der Waals surface area (Å²) in [5, 5.41) is 2.80. The number of benzene rings is 1. The van der Waals surface area contributed by atoms with Crippen LogP contribution in [-0.2, 0) is 23.5 Å².